The molecule has 0 aromatic rings. The highest BCUT2D eigenvalue weighted by atomic mass is 16.5. The van der Waals surface area contributed by atoms with Crippen LogP contribution in [-0.4, -0.2) is 23.9 Å². The summed E-state index contributed by atoms with van der Waals surface area (Å²) in [4.78, 5) is 0. The summed E-state index contributed by atoms with van der Waals surface area (Å²) in [6, 6.07) is 0. The number of rotatable bonds is 10. The van der Waals surface area contributed by atoms with Crippen molar-refractivity contribution < 1.29 is 9.84 Å². The molecule has 0 radical (unpaired) electrons. The first kappa shape index (κ1) is 20.4. The Morgan fingerprint density at radius 3 is 2.38 bits per heavy atom. The van der Waals surface area contributed by atoms with Gasteiger partial charge >= 0.3 is 0 Å². The number of ether oxygens (including phenoxy) is 1. The van der Waals surface area contributed by atoms with Crippen LogP contribution in [0.1, 0.15) is 73.6 Å². The Morgan fingerprint density at radius 1 is 1.14 bits per heavy atom. The summed E-state index contributed by atoms with van der Waals surface area (Å²) in [7, 11) is 0. The van der Waals surface area contributed by atoms with Gasteiger partial charge in [0.15, 0.2) is 0 Å². The molecule has 1 N–H and O–H groups in total. The minimum atomic E-state index is -0.0230. The van der Waals surface area contributed by atoms with Gasteiger partial charge in [-0.15, -0.1) is 0 Å². The largest absolute Gasteiger partial charge is 0.396 e. The molecule has 0 fully saturated rings. The van der Waals surface area contributed by atoms with Crippen molar-refractivity contribution in [3.05, 3.63) is 23.3 Å². The summed E-state index contributed by atoms with van der Waals surface area (Å²) in [5.74, 6) is 0.481. The average Bonchev–Trinajstić information content (AvgIpc) is 2.33. The molecule has 0 aliphatic carbocycles. The van der Waals surface area contributed by atoms with Crippen molar-refractivity contribution in [3.63, 3.8) is 0 Å². The van der Waals surface area contributed by atoms with Crippen molar-refractivity contribution in [3.8, 4) is 0 Å². The lowest BCUT2D eigenvalue weighted by Crippen LogP contribution is -2.19. The van der Waals surface area contributed by atoms with E-state index in [1.807, 2.05) is 0 Å². The Hall–Kier alpha value is -0.600. The molecule has 1 atom stereocenters. The molecule has 0 bridgehead atoms. The first-order chi connectivity index (χ1) is 9.74. The summed E-state index contributed by atoms with van der Waals surface area (Å²) >= 11 is 0. The van der Waals surface area contributed by atoms with Crippen LogP contribution < -0.4 is 0 Å². The van der Waals surface area contributed by atoms with Crippen LogP contribution >= 0.6 is 0 Å². The van der Waals surface area contributed by atoms with Crippen LogP contribution in [0.2, 0.25) is 0 Å². The van der Waals surface area contributed by atoms with Crippen LogP contribution in [0.3, 0.4) is 0 Å². The molecule has 21 heavy (non-hydrogen) atoms. The van der Waals surface area contributed by atoms with E-state index in [0.717, 1.165) is 38.7 Å². The fourth-order valence-electron chi connectivity index (χ4n) is 2.23. The predicted molar refractivity (Wildman–Crippen MR) is 92.6 cm³/mol. The van der Waals surface area contributed by atoms with Crippen LogP contribution in [0.4, 0.5) is 0 Å². The Kier molecular flexibility index (Phi) is 10.7. The first-order valence-electron chi connectivity index (χ1n) is 8.32. The van der Waals surface area contributed by atoms with Crippen LogP contribution in [0.15, 0.2) is 23.3 Å². The zero-order valence-corrected chi connectivity index (χ0v) is 15.0. The lowest BCUT2D eigenvalue weighted by Gasteiger charge is -2.19. The summed E-state index contributed by atoms with van der Waals surface area (Å²) in [5.41, 5.74) is 2.87. The fraction of sp³-hybridized carbons (Fsp3) is 0.789. The van der Waals surface area contributed by atoms with Gasteiger partial charge in [0, 0.05) is 13.2 Å². The molecule has 0 heterocycles. The van der Waals surface area contributed by atoms with Crippen molar-refractivity contribution in [2.75, 3.05) is 13.2 Å². The number of allylic oxidation sites excluding steroid dienone is 4. The molecule has 2 heteroatoms. The molecule has 1 unspecified atom stereocenters. The van der Waals surface area contributed by atoms with Gasteiger partial charge in [0.1, 0.15) is 0 Å². The molecule has 2 nitrogen and oxygen atoms in total. The van der Waals surface area contributed by atoms with Gasteiger partial charge in [-0.1, -0.05) is 30.2 Å². The second-order valence-corrected chi connectivity index (χ2v) is 7.16. The number of hydrogen-bond acceptors (Lipinski definition) is 2. The Balaban J connectivity index is 3.86. The van der Waals surface area contributed by atoms with Gasteiger partial charge in [0.05, 0.1) is 5.60 Å². The van der Waals surface area contributed by atoms with Crippen LogP contribution in [0.5, 0.6) is 0 Å². The molecule has 0 spiro atoms. The van der Waals surface area contributed by atoms with Gasteiger partial charge in [-0.3, -0.25) is 0 Å². The van der Waals surface area contributed by atoms with E-state index < -0.39 is 0 Å². The minimum absolute atomic E-state index is 0.0230. The van der Waals surface area contributed by atoms with Crippen LogP contribution in [0.25, 0.3) is 0 Å². The molecule has 0 aliphatic heterocycles. The third-order valence-corrected chi connectivity index (χ3v) is 3.44. The maximum atomic E-state index is 8.90. The van der Waals surface area contributed by atoms with Gasteiger partial charge in [-0.2, -0.15) is 0 Å². The van der Waals surface area contributed by atoms with Gasteiger partial charge < -0.3 is 9.84 Å². The van der Waals surface area contributed by atoms with E-state index in [1.54, 1.807) is 0 Å². The lowest BCUT2D eigenvalue weighted by molar-refractivity contribution is -0.00384. The molecular formula is C19H36O2. The third-order valence-electron chi connectivity index (χ3n) is 3.44. The first-order valence-corrected chi connectivity index (χ1v) is 8.32. The standard InChI is InChI=1S/C19H36O2/c1-16(11-8-14-21-19(4,5)6)9-7-10-17(2)15-18(3)12-13-20/h9,15,18,20H,7-8,10-14H2,1-6H3/b16-9+,17-15-. The monoisotopic (exact) mass is 296 g/mol. The molecule has 124 valence electrons. The molecule has 0 amide bonds. The molecule has 0 aromatic carbocycles. The zero-order chi connectivity index (χ0) is 16.3. The number of aliphatic hydroxyl groups excluding tert-OH is 1. The van der Waals surface area contributed by atoms with Crippen molar-refractivity contribution in [2.45, 2.75) is 79.2 Å². The Morgan fingerprint density at radius 2 is 1.81 bits per heavy atom. The Bertz CT molecular complexity index is 321. The summed E-state index contributed by atoms with van der Waals surface area (Å²) < 4.78 is 5.73. The molecule has 0 aromatic heterocycles. The minimum Gasteiger partial charge on any atom is -0.396 e. The van der Waals surface area contributed by atoms with E-state index in [4.69, 9.17) is 9.84 Å². The normalized spacial score (nSPS) is 15.4. The second kappa shape index (κ2) is 11.0. The van der Waals surface area contributed by atoms with Crippen molar-refractivity contribution in [1.29, 1.82) is 0 Å². The summed E-state index contributed by atoms with van der Waals surface area (Å²) in [6.45, 7) is 14.0. The van der Waals surface area contributed by atoms with E-state index in [2.05, 4.69) is 53.7 Å². The average molecular weight is 296 g/mol. The van der Waals surface area contributed by atoms with Crippen molar-refractivity contribution >= 4 is 0 Å². The number of hydrogen-bond donors (Lipinski definition) is 1. The summed E-state index contributed by atoms with van der Waals surface area (Å²) in [5, 5.41) is 8.90. The van der Waals surface area contributed by atoms with Gasteiger partial charge in [0.25, 0.3) is 0 Å². The molecule has 0 saturated carbocycles. The Labute approximate surface area is 132 Å². The van der Waals surface area contributed by atoms with Gasteiger partial charge in [0.2, 0.25) is 0 Å². The fourth-order valence-corrected chi connectivity index (χ4v) is 2.23. The third kappa shape index (κ3) is 14.1. The zero-order valence-electron chi connectivity index (χ0n) is 15.0. The molecule has 0 rings (SSSR count). The molecule has 0 aliphatic rings. The lowest BCUT2D eigenvalue weighted by atomic mass is 10.0. The quantitative estimate of drug-likeness (QED) is 0.439. The SMILES string of the molecule is C/C(=C/C(C)CCO)CC/C=C(\C)CCCOC(C)(C)C. The highest BCUT2D eigenvalue weighted by molar-refractivity contribution is 5.04. The topological polar surface area (TPSA) is 29.5 Å². The smallest absolute Gasteiger partial charge is 0.0598 e. The number of aliphatic hydroxyl groups is 1. The van der Waals surface area contributed by atoms with E-state index >= 15 is 0 Å². The van der Waals surface area contributed by atoms with Crippen molar-refractivity contribution in [1.82, 2.24) is 0 Å². The maximum Gasteiger partial charge on any atom is 0.0598 e. The van der Waals surface area contributed by atoms with E-state index in [0.29, 0.717) is 5.92 Å². The van der Waals surface area contributed by atoms with Gasteiger partial charge in [-0.25, -0.2) is 0 Å². The van der Waals surface area contributed by atoms with E-state index in [1.165, 1.54) is 11.1 Å². The second-order valence-electron chi connectivity index (χ2n) is 7.16. The summed E-state index contributed by atoms with van der Waals surface area (Å²) in [6.07, 6.45) is 9.95. The molecular weight excluding hydrogens is 260 g/mol. The maximum absolute atomic E-state index is 8.90. The van der Waals surface area contributed by atoms with Crippen molar-refractivity contribution in [2.24, 2.45) is 5.92 Å². The van der Waals surface area contributed by atoms with Gasteiger partial charge in [-0.05, 0) is 72.6 Å². The predicted octanol–water partition coefficient (Wildman–Crippen LogP) is 5.27. The van der Waals surface area contributed by atoms with E-state index in [9.17, 15) is 0 Å². The highest BCUT2D eigenvalue weighted by Crippen LogP contribution is 2.14. The van der Waals surface area contributed by atoms with E-state index in [-0.39, 0.29) is 12.2 Å². The molecule has 0 saturated heterocycles. The van der Waals surface area contributed by atoms with Crippen LogP contribution in [0, 0.1) is 5.92 Å². The van der Waals surface area contributed by atoms with Crippen LogP contribution in [-0.2, 0) is 4.74 Å². The highest BCUT2D eigenvalue weighted by Gasteiger charge is 2.08.